The fraction of sp³-hybridized carbons (Fsp3) is 0.231. The van der Waals surface area contributed by atoms with Crippen LogP contribution in [0.3, 0.4) is 0 Å². The maximum atomic E-state index is 11.7. The lowest BCUT2D eigenvalue weighted by molar-refractivity contribution is 0.0510. The number of hydrogen-bond donors (Lipinski definition) is 0. The molecule has 17 heavy (non-hydrogen) atoms. The molecule has 0 aliphatic heterocycles. The van der Waals surface area contributed by atoms with Gasteiger partial charge in [0.2, 0.25) is 5.91 Å². The molecule has 0 saturated carbocycles. The zero-order valence-electron chi connectivity index (χ0n) is 9.77. The Hall–Kier alpha value is -2.10. The first-order valence-corrected chi connectivity index (χ1v) is 5.43. The molecule has 0 bridgehead atoms. The van der Waals surface area contributed by atoms with Gasteiger partial charge in [0.1, 0.15) is 5.69 Å². The molecule has 0 spiro atoms. The molecule has 0 radical (unpaired) electrons. The Morgan fingerprint density at radius 1 is 1.29 bits per heavy atom. The number of para-hydroxylation sites is 1. The van der Waals surface area contributed by atoms with Crippen LogP contribution in [0.2, 0.25) is 0 Å². The number of rotatable bonds is 2. The van der Waals surface area contributed by atoms with Crippen molar-refractivity contribution in [2.45, 2.75) is 13.8 Å². The molecule has 2 aromatic rings. The lowest BCUT2D eigenvalue weighted by atomic mass is 10.2. The standard InChI is InChI=1S/C13H13NO3/c1-3-17-13(16)12-8-10-6-4-5-7-11(10)14(12)9(2)15/h4-8H,3H2,1-2H3. The van der Waals surface area contributed by atoms with Crippen molar-refractivity contribution >= 4 is 22.8 Å². The number of ether oxygens (including phenoxy) is 1. The van der Waals surface area contributed by atoms with Crippen LogP contribution in [-0.2, 0) is 4.74 Å². The van der Waals surface area contributed by atoms with Gasteiger partial charge in [-0.2, -0.15) is 0 Å². The van der Waals surface area contributed by atoms with E-state index in [2.05, 4.69) is 0 Å². The third-order valence-electron chi connectivity index (χ3n) is 2.51. The van der Waals surface area contributed by atoms with Crippen LogP contribution in [0.25, 0.3) is 10.9 Å². The molecule has 0 aliphatic rings. The maximum Gasteiger partial charge on any atom is 0.355 e. The van der Waals surface area contributed by atoms with Gasteiger partial charge in [0.25, 0.3) is 0 Å². The summed E-state index contributed by atoms with van der Waals surface area (Å²) in [6, 6.07) is 9.03. The Kier molecular flexibility index (Phi) is 2.95. The van der Waals surface area contributed by atoms with Crippen LogP contribution >= 0.6 is 0 Å². The van der Waals surface area contributed by atoms with E-state index >= 15 is 0 Å². The van der Waals surface area contributed by atoms with Gasteiger partial charge in [0.15, 0.2) is 0 Å². The number of fused-ring (bicyclic) bond motifs is 1. The maximum absolute atomic E-state index is 11.7. The number of esters is 1. The molecular formula is C13H13NO3. The Balaban J connectivity index is 2.66. The third kappa shape index (κ3) is 1.93. The van der Waals surface area contributed by atoms with Crippen LogP contribution < -0.4 is 0 Å². The van der Waals surface area contributed by atoms with Gasteiger partial charge in [-0.15, -0.1) is 0 Å². The van der Waals surface area contributed by atoms with Crippen molar-refractivity contribution in [3.63, 3.8) is 0 Å². The van der Waals surface area contributed by atoms with Crippen molar-refractivity contribution in [2.24, 2.45) is 0 Å². The topological polar surface area (TPSA) is 48.3 Å². The van der Waals surface area contributed by atoms with Crippen LogP contribution in [0.15, 0.2) is 30.3 Å². The Bertz CT molecular complexity index is 583. The second kappa shape index (κ2) is 4.41. The van der Waals surface area contributed by atoms with E-state index < -0.39 is 5.97 Å². The zero-order chi connectivity index (χ0) is 12.4. The first-order chi connectivity index (χ1) is 8.15. The van der Waals surface area contributed by atoms with Crippen LogP contribution in [0, 0.1) is 0 Å². The fourth-order valence-electron chi connectivity index (χ4n) is 1.85. The summed E-state index contributed by atoms with van der Waals surface area (Å²) in [4.78, 5) is 23.3. The smallest absolute Gasteiger partial charge is 0.355 e. The summed E-state index contributed by atoms with van der Waals surface area (Å²) in [5.41, 5.74) is 1.00. The van der Waals surface area contributed by atoms with Crippen molar-refractivity contribution in [3.05, 3.63) is 36.0 Å². The molecular weight excluding hydrogens is 218 g/mol. The number of aromatic nitrogens is 1. The molecule has 0 atom stereocenters. The summed E-state index contributed by atoms with van der Waals surface area (Å²) in [5.74, 6) is -0.673. The van der Waals surface area contributed by atoms with Crippen LogP contribution in [0.5, 0.6) is 0 Å². The summed E-state index contributed by atoms with van der Waals surface area (Å²) in [7, 11) is 0. The molecule has 0 amide bonds. The van der Waals surface area contributed by atoms with Gasteiger partial charge in [-0.05, 0) is 19.1 Å². The predicted octanol–water partition coefficient (Wildman–Crippen LogP) is 2.48. The van der Waals surface area contributed by atoms with Crippen molar-refractivity contribution in [1.82, 2.24) is 4.57 Å². The Labute approximate surface area is 98.8 Å². The van der Waals surface area contributed by atoms with Crippen LogP contribution in [0.1, 0.15) is 29.1 Å². The lowest BCUT2D eigenvalue weighted by Gasteiger charge is -2.05. The largest absolute Gasteiger partial charge is 0.461 e. The van der Waals surface area contributed by atoms with Gasteiger partial charge in [-0.1, -0.05) is 18.2 Å². The van der Waals surface area contributed by atoms with Crippen molar-refractivity contribution in [3.8, 4) is 0 Å². The van der Waals surface area contributed by atoms with E-state index in [0.717, 1.165) is 10.9 Å². The van der Waals surface area contributed by atoms with E-state index in [9.17, 15) is 9.59 Å². The summed E-state index contributed by atoms with van der Waals surface area (Å²) < 4.78 is 6.32. The van der Waals surface area contributed by atoms with E-state index in [1.807, 2.05) is 18.2 Å². The number of nitrogens with zero attached hydrogens (tertiary/aromatic N) is 1. The van der Waals surface area contributed by atoms with Gasteiger partial charge in [0, 0.05) is 12.3 Å². The molecule has 1 aromatic carbocycles. The molecule has 88 valence electrons. The minimum Gasteiger partial charge on any atom is -0.461 e. The summed E-state index contributed by atoms with van der Waals surface area (Å²) >= 11 is 0. The third-order valence-corrected chi connectivity index (χ3v) is 2.51. The molecule has 1 heterocycles. The zero-order valence-corrected chi connectivity index (χ0v) is 9.77. The number of carbonyl (C=O) groups excluding carboxylic acids is 2. The predicted molar refractivity (Wildman–Crippen MR) is 64.2 cm³/mol. The SMILES string of the molecule is CCOC(=O)c1cc2ccccc2n1C(C)=O. The highest BCUT2D eigenvalue weighted by atomic mass is 16.5. The van der Waals surface area contributed by atoms with E-state index in [-0.39, 0.29) is 18.2 Å². The van der Waals surface area contributed by atoms with Gasteiger partial charge >= 0.3 is 5.97 Å². The minimum absolute atomic E-state index is 0.200. The Morgan fingerprint density at radius 2 is 2.00 bits per heavy atom. The van der Waals surface area contributed by atoms with Crippen molar-refractivity contribution in [2.75, 3.05) is 6.61 Å². The van der Waals surface area contributed by atoms with Gasteiger partial charge < -0.3 is 4.74 Å². The first kappa shape index (κ1) is 11.4. The normalized spacial score (nSPS) is 10.5. The number of carbonyl (C=O) groups is 2. The quantitative estimate of drug-likeness (QED) is 0.746. The highest BCUT2D eigenvalue weighted by Crippen LogP contribution is 2.20. The molecule has 2 rings (SSSR count). The van der Waals surface area contributed by atoms with Gasteiger partial charge in [-0.3, -0.25) is 9.36 Å². The first-order valence-electron chi connectivity index (χ1n) is 5.43. The molecule has 0 fully saturated rings. The molecule has 4 nitrogen and oxygen atoms in total. The fourth-order valence-corrected chi connectivity index (χ4v) is 1.85. The highest BCUT2D eigenvalue weighted by Gasteiger charge is 2.18. The van der Waals surface area contributed by atoms with Crippen molar-refractivity contribution < 1.29 is 14.3 Å². The number of hydrogen-bond acceptors (Lipinski definition) is 3. The van der Waals surface area contributed by atoms with Crippen LogP contribution in [-0.4, -0.2) is 23.1 Å². The molecule has 0 N–H and O–H groups in total. The van der Waals surface area contributed by atoms with Crippen LogP contribution in [0.4, 0.5) is 0 Å². The minimum atomic E-state index is -0.473. The van der Waals surface area contributed by atoms with E-state index in [4.69, 9.17) is 4.74 Å². The Morgan fingerprint density at radius 3 is 2.65 bits per heavy atom. The second-order valence-electron chi connectivity index (χ2n) is 3.66. The summed E-state index contributed by atoms with van der Waals surface area (Å²) in [6.45, 7) is 3.45. The average Bonchev–Trinajstić information content (AvgIpc) is 2.68. The van der Waals surface area contributed by atoms with E-state index in [0.29, 0.717) is 0 Å². The molecule has 1 aromatic heterocycles. The van der Waals surface area contributed by atoms with Gasteiger partial charge in [0.05, 0.1) is 12.1 Å². The molecule has 0 aliphatic carbocycles. The lowest BCUT2D eigenvalue weighted by Crippen LogP contribution is -2.15. The monoisotopic (exact) mass is 231 g/mol. The number of benzene rings is 1. The van der Waals surface area contributed by atoms with E-state index in [1.165, 1.54) is 11.5 Å². The second-order valence-corrected chi connectivity index (χ2v) is 3.66. The van der Waals surface area contributed by atoms with Gasteiger partial charge in [-0.25, -0.2) is 4.79 Å². The average molecular weight is 231 g/mol. The molecule has 0 unspecified atom stereocenters. The van der Waals surface area contributed by atoms with Crippen molar-refractivity contribution in [1.29, 1.82) is 0 Å². The van der Waals surface area contributed by atoms with E-state index in [1.54, 1.807) is 19.1 Å². The molecule has 0 saturated heterocycles. The molecule has 4 heteroatoms. The summed E-state index contributed by atoms with van der Waals surface area (Å²) in [5, 5.41) is 0.853. The highest BCUT2D eigenvalue weighted by molar-refractivity contribution is 6.02. The summed E-state index contributed by atoms with van der Waals surface area (Å²) in [6.07, 6.45) is 0.